The van der Waals surface area contributed by atoms with Gasteiger partial charge in [0.05, 0.1) is 4.90 Å². The van der Waals surface area contributed by atoms with E-state index in [1.807, 2.05) is 6.92 Å². The topological polar surface area (TPSA) is 82.3 Å². The molecule has 5 nitrogen and oxygen atoms in total. The Labute approximate surface area is 123 Å². The molecule has 106 valence electrons. The quantitative estimate of drug-likeness (QED) is 0.407. The molecule has 0 aliphatic rings. The Bertz CT molecular complexity index is 789. The minimum Gasteiger partial charge on any atom is -0.276 e. The van der Waals surface area contributed by atoms with Crippen LogP contribution >= 0.6 is 0 Å². The number of nitrogens with one attached hydrogen (secondary N) is 1. The molecular formula is C15H13N3O2S. The number of rotatable bonds is 3. The number of hydrogen-bond donors (Lipinski definition) is 1. The van der Waals surface area contributed by atoms with Crippen molar-refractivity contribution in [1.29, 1.82) is 5.26 Å². The molecule has 0 radical (unpaired) electrons. The Hall–Kier alpha value is -2.65. The fraction of sp³-hybridized carbons (Fsp3) is 0.0667. The maximum Gasteiger partial charge on any atom is 0.284 e. The van der Waals surface area contributed by atoms with Crippen LogP contribution in [0.3, 0.4) is 0 Å². The molecule has 0 spiro atoms. The lowest BCUT2D eigenvalue weighted by Crippen LogP contribution is -2.20. The van der Waals surface area contributed by atoms with Crippen molar-refractivity contribution in [3.05, 3.63) is 65.7 Å². The van der Waals surface area contributed by atoms with E-state index in [1.54, 1.807) is 48.7 Å². The molecule has 0 atom stereocenters. The third kappa shape index (κ3) is 3.68. The first-order valence-electron chi connectivity index (χ1n) is 6.15. The number of benzene rings is 2. The lowest BCUT2D eigenvalue weighted by Gasteiger charge is -2.05. The summed E-state index contributed by atoms with van der Waals surface area (Å²) in [5, 5.41) is 11.1. The van der Waals surface area contributed by atoms with Gasteiger partial charge in [-0.1, -0.05) is 48.0 Å². The first-order chi connectivity index (χ1) is 10.0. The molecule has 0 aliphatic heterocycles. The zero-order valence-corrected chi connectivity index (χ0v) is 12.1. The minimum absolute atomic E-state index is 0.00123. The number of hydrogen-bond acceptors (Lipinski definition) is 3. The summed E-state index contributed by atoms with van der Waals surface area (Å²) in [5.41, 5.74) is 1.48. The summed E-state index contributed by atoms with van der Waals surface area (Å²) < 4.78 is 28.3. The molecule has 0 heterocycles. The van der Waals surface area contributed by atoms with E-state index < -0.39 is 10.0 Å². The van der Waals surface area contributed by atoms with Crippen molar-refractivity contribution in [2.75, 3.05) is 0 Å². The Morgan fingerprint density at radius 1 is 1.10 bits per heavy atom. The average Bonchev–Trinajstić information content (AvgIpc) is 2.48. The van der Waals surface area contributed by atoms with Crippen LogP contribution in [0.2, 0.25) is 0 Å². The zero-order valence-electron chi connectivity index (χ0n) is 11.3. The molecule has 6 heteroatoms. The summed E-state index contributed by atoms with van der Waals surface area (Å²) in [4.78, 5) is 0.0845. The van der Waals surface area contributed by atoms with Crippen molar-refractivity contribution in [3.63, 3.8) is 0 Å². The highest BCUT2D eigenvalue weighted by atomic mass is 32.2. The van der Waals surface area contributed by atoms with E-state index in [-0.39, 0.29) is 10.7 Å². The molecule has 0 aliphatic carbocycles. The van der Waals surface area contributed by atoms with E-state index >= 15 is 0 Å². The average molecular weight is 299 g/mol. The lowest BCUT2D eigenvalue weighted by atomic mass is 10.2. The molecule has 0 fully saturated rings. The second-order valence-electron chi connectivity index (χ2n) is 4.33. The van der Waals surface area contributed by atoms with Gasteiger partial charge in [-0.05, 0) is 19.1 Å². The van der Waals surface area contributed by atoms with Crippen LogP contribution in [0.5, 0.6) is 0 Å². The Morgan fingerprint density at radius 2 is 1.71 bits per heavy atom. The summed E-state index contributed by atoms with van der Waals surface area (Å²) >= 11 is 0. The van der Waals surface area contributed by atoms with Gasteiger partial charge in [-0.2, -0.15) is 13.7 Å². The van der Waals surface area contributed by atoms with Crippen LogP contribution in [0.4, 0.5) is 0 Å². The number of amidine groups is 1. The van der Waals surface area contributed by atoms with E-state index in [0.29, 0.717) is 5.56 Å². The molecule has 2 rings (SSSR count). The van der Waals surface area contributed by atoms with Crippen LogP contribution in [0, 0.1) is 18.4 Å². The highest BCUT2D eigenvalue weighted by molar-refractivity contribution is 7.90. The SMILES string of the molecule is Cc1ccc(S(=O)(=O)N=C(NC#N)c2ccccc2)cc1. The smallest absolute Gasteiger partial charge is 0.276 e. The van der Waals surface area contributed by atoms with Gasteiger partial charge >= 0.3 is 0 Å². The van der Waals surface area contributed by atoms with Crippen molar-refractivity contribution in [3.8, 4) is 6.19 Å². The Balaban J connectivity index is 2.47. The number of sulfonamides is 1. The normalized spacial score (nSPS) is 11.7. The third-order valence-electron chi connectivity index (χ3n) is 2.75. The van der Waals surface area contributed by atoms with Gasteiger partial charge < -0.3 is 0 Å². The summed E-state index contributed by atoms with van der Waals surface area (Å²) in [6.45, 7) is 1.87. The van der Waals surface area contributed by atoms with Crippen LogP contribution in [0.25, 0.3) is 0 Å². The van der Waals surface area contributed by atoms with E-state index in [2.05, 4.69) is 9.71 Å². The first-order valence-corrected chi connectivity index (χ1v) is 7.59. The van der Waals surface area contributed by atoms with Gasteiger partial charge in [0.2, 0.25) is 0 Å². The Kier molecular flexibility index (Phi) is 4.36. The molecule has 0 saturated heterocycles. The highest BCUT2D eigenvalue weighted by Gasteiger charge is 2.15. The van der Waals surface area contributed by atoms with Crippen molar-refractivity contribution in [1.82, 2.24) is 5.32 Å². The molecule has 0 amide bonds. The van der Waals surface area contributed by atoms with Crippen LogP contribution in [0.15, 0.2) is 63.9 Å². The summed E-state index contributed by atoms with van der Waals surface area (Å²) in [5.74, 6) is -0.00123. The van der Waals surface area contributed by atoms with Gasteiger partial charge in [-0.3, -0.25) is 5.32 Å². The van der Waals surface area contributed by atoms with E-state index in [9.17, 15) is 8.42 Å². The first kappa shape index (κ1) is 14.8. The van der Waals surface area contributed by atoms with Gasteiger partial charge in [0.1, 0.15) is 0 Å². The zero-order chi connectivity index (χ0) is 15.3. The van der Waals surface area contributed by atoms with Crippen LogP contribution in [-0.2, 0) is 10.0 Å². The predicted molar refractivity (Wildman–Crippen MR) is 80.1 cm³/mol. The molecule has 0 aromatic heterocycles. The second-order valence-corrected chi connectivity index (χ2v) is 5.93. The molecule has 0 unspecified atom stereocenters. The van der Waals surface area contributed by atoms with Gasteiger partial charge in [0.15, 0.2) is 12.0 Å². The summed E-state index contributed by atoms with van der Waals surface area (Å²) in [7, 11) is -3.87. The molecule has 2 aromatic rings. The van der Waals surface area contributed by atoms with Gasteiger partial charge in [-0.15, -0.1) is 4.40 Å². The maximum atomic E-state index is 12.3. The van der Waals surface area contributed by atoms with Crippen molar-refractivity contribution >= 4 is 15.9 Å². The lowest BCUT2D eigenvalue weighted by molar-refractivity contribution is 0.598. The van der Waals surface area contributed by atoms with Gasteiger partial charge in [0, 0.05) is 5.56 Å². The van der Waals surface area contributed by atoms with Crippen molar-refractivity contribution < 1.29 is 8.42 Å². The van der Waals surface area contributed by atoms with Crippen LogP contribution in [-0.4, -0.2) is 14.3 Å². The van der Waals surface area contributed by atoms with Crippen molar-refractivity contribution in [2.24, 2.45) is 4.40 Å². The number of nitrogens with zero attached hydrogens (tertiary/aromatic N) is 2. The Morgan fingerprint density at radius 3 is 2.29 bits per heavy atom. The fourth-order valence-electron chi connectivity index (χ4n) is 1.68. The largest absolute Gasteiger partial charge is 0.284 e. The van der Waals surface area contributed by atoms with Crippen LogP contribution in [0.1, 0.15) is 11.1 Å². The summed E-state index contributed by atoms with van der Waals surface area (Å²) in [6.07, 6.45) is 1.70. The minimum atomic E-state index is -3.87. The molecule has 2 aromatic carbocycles. The second kappa shape index (κ2) is 6.20. The monoisotopic (exact) mass is 299 g/mol. The third-order valence-corrected chi connectivity index (χ3v) is 4.04. The summed E-state index contributed by atoms with van der Waals surface area (Å²) in [6, 6.07) is 15.0. The van der Waals surface area contributed by atoms with E-state index in [4.69, 9.17) is 5.26 Å². The molecule has 0 saturated carbocycles. The highest BCUT2D eigenvalue weighted by Crippen LogP contribution is 2.14. The van der Waals surface area contributed by atoms with E-state index in [1.165, 1.54) is 12.1 Å². The standard InChI is InChI=1S/C15H13N3O2S/c1-12-7-9-14(10-8-12)21(19,20)18-15(17-11-16)13-5-3-2-4-6-13/h2-10H,1H3,(H,17,18). The maximum absolute atomic E-state index is 12.3. The van der Waals surface area contributed by atoms with Gasteiger partial charge in [0.25, 0.3) is 10.0 Å². The van der Waals surface area contributed by atoms with Crippen LogP contribution < -0.4 is 5.32 Å². The molecule has 21 heavy (non-hydrogen) atoms. The molecular weight excluding hydrogens is 286 g/mol. The number of aryl methyl sites for hydroxylation is 1. The molecule has 1 N–H and O–H groups in total. The number of nitriles is 1. The van der Waals surface area contributed by atoms with Crippen molar-refractivity contribution in [2.45, 2.75) is 11.8 Å². The predicted octanol–water partition coefficient (Wildman–Crippen LogP) is 2.20. The fourth-order valence-corrected chi connectivity index (χ4v) is 2.66. The van der Waals surface area contributed by atoms with E-state index in [0.717, 1.165) is 5.56 Å². The van der Waals surface area contributed by atoms with Gasteiger partial charge in [-0.25, -0.2) is 0 Å². The molecule has 0 bridgehead atoms.